The Morgan fingerprint density at radius 3 is 3.05 bits per heavy atom. The van der Waals surface area contributed by atoms with Crippen molar-refractivity contribution in [2.24, 2.45) is 4.99 Å². The Kier molecular flexibility index (Phi) is 3.37. The SMILES string of the molecule is CCC1=C(C)CN2C=C(C(=O)Nc3nn[nH]n3)S(=O)C2=N1. The Balaban J connectivity index is 1.83. The van der Waals surface area contributed by atoms with E-state index in [9.17, 15) is 9.00 Å². The summed E-state index contributed by atoms with van der Waals surface area (Å²) in [6.45, 7) is 4.56. The molecule has 1 atom stereocenters. The number of nitrogens with zero attached hydrogens (tertiary/aromatic N) is 5. The summed E-state index contributed by atoms with van der Waals surface area (Å²) in [6, 6.07) is 0. The van der Waals surface area contributed by atoms with Crippen molar-refractivity contribution in [3.63, 3.8) is 0 Å². The van der Waals surface area contributed by atoms with Crippen LogP contribution in [0.1, 0.15) is 20.3 Å². The summed E-state index contributed by atoms with van der Waals surface area (Å²) in [5.74, 6) is -0.490. The zero-order valence-corrected chi connectivity index (χ0v) is 12.3. The molecule has 0 bridgehead atoms. The van der Waals surface area contributed by atoms with Crippen LogP contribution in [0.4, 0.5) is 5.95 Å². The number of allylic oxidation sites excluding steroid dienone is 1. The van der Waals surface area contributed by atoms with Crippen molar-refractivity contribution in [1.29, 1.82) is 0 Å². The van der Waals surface area contributed by atoms with E-state index in [1.165, 1.54) is 0 Å². The topological polar surface area (TPSA) is 116 Å². The van der Waals surface area contributed by atoms with Crippen LogP contribution < -0.4 is 5.32 Å². The number of fused-ring (bicyclic) bond motifs is 1. The summed E-state index contributed by atoms with van der Waals surface area (Å²) in [6.07, 6.45) is 2.32. The first kappa shape index (κ1) is 13.6. The molecule has 0 aromatic carbocycles. The molecule has 21 heavy (non-hydrogen) atoms. The highest BCUT2D eigenvalue weighted by molar-refractivity contribution is 8.05. The lowest BCUT2D eigenvalue weighted by molar-refractivity contribution is -0.112. The molecular formula is C11H13N7O2S. The molecule has 1 unspecified atom stereocenters. The third kappa shape index (κ3) is 2.37. The summed E-state index contributed by atoms with van der Waals surface area (Å²) in [4.78, 5) is 18.4. The second-order valence-corrected chi connectivity index (χ2v) is 5.90. The minimum Gasteiger partial charge on any atom is -0.320 e. The Labute approximate surface area is 122 Å². The number of rotatable bonds is 3. The molecule has 0 saturated heterocycles. The van der Waals surface area contributed by atoms with E-state index in [0.717, 1.165) is 17.7 Å². The maximum atomic E-state index is 12.4. The number of hydrogen-bond donors (Lipinski definition) is 2. The van der Waals surface area contributed by atoms with Gasteiger partial charge in [0.1, 0.15) is 15.7 Å². The number of aromatic amines is 1. The van der Waals surface area contributed by atoms with Crippen molar-refractivity contribution in [3.05, 3.63) is 22.4 Å². The molecule has 9 nitrogen and oxygen atoms in total. The molecule has 2 aliphatic heterocycles. The van der Waals surface area contributed by atoms with Crippen molar-refractivity contribution >= 4 is 27.8 Å². The number of anilines is 1. The van der Waals surface area contributed by atoms with E-state index >= 15 is 0 Å². The zero-order valence-electron chi connectivity index (χ0n) is 11.5. The van der Waals surface area contributed by atoms with Gasteiger partial charge < -0.3 is 4.90 Å². The maximum Gasteiger partial charge on any atom is 0.270 e. The monoisotopic (exact) mass is 307 g/mol. The Bertz CT molecular complexity index is 704. The maximum absolute atomic E-state index is 12.4. The van der Waals surface area contributed by atoms with Crippen molar-refractivity contribution in [2.45, 2.75) is 20.3 Å². The van der Waals surface area contributed by atoms with Crippen LogP contribution in [0.2, 0.25) is 0 Å². The number of nitrogens with one attached hydrogen (secondary N) is 2. The number of carbonyl (C=O) groups is 1. The quantitative estimate of drug-likeness (QED) is 0.818. The van der Waals surface area contributed by atoms with Crippen LogP contribution in [-0.2, 0) is 15.6 Å². The Morgan fingerprint density at radius 1 is 1.57 bits per heavy atom. The lowest BCUT2D eigenvalue weighted by atomic mass is 10.1. The van der Waals surface area contributed by atoms with E-state index < -0.39 is 16.7 Å². The third-order valence-electron chi connectivity index (χ3n) is 3.14. The largest absolute Gasteiger partial charge is 0.320 e. The van der Waals surface area contributed by atoms with Crippen molar-refractivity contribution in [3.8, 4) is 0 Å². The summed E-state index contributed by atoms with van der Waals surface area (Å²) in [5, 5.41) is 15.6. The van der Waals surface area contributed by atoms with Gasteiger partial charge in [-0.1, -0.05) is 12.0 Å². The van der Waals surface area contributed by atoms with Gasteiger partial charge in [0.15, 0.2) is 0 Å². The van der Waals surface area contributed by atoms with Gasteiger partial charge in [0, 0.05) is 18.4 Å². The smallest absolute Gasteiger partial charge is 0.270 e. The molecule has 0 spiro atoms. The van der Waals surface area contributed by atoms with Crippen LogP contribution in [-0.4, -0.2) is 47.4 Å². The van der Waals surface area contributed by atoms with Crippen molar-refractivity contribution in [2.75, 3.05) is 11.9 Å². The minimum absolute atomic E-state index is 0.0354. The number of amides is 1. The van der Waals surface area contributed by atoms with E-state index in [1.54, 1.807) is 11.1 Å². The van der Waals surface area contributed by atoms with Gasteiger partial charge in [-0.25, -0.2) is 9.20 Å². The number of aliphatic imine (C=N–C) groups is 1. The van der Waals surface area contributed by atoms with Gasteiger partial charge >= 0.3 is 0 Å². The molecule has 3 rings (SSSR count). The molecule has 1 aromatic rings. The lowest BCUT2D eigenvalue weighted by Gasteiger charge is -2.22. The van der Waals surface area contributed by atoms with Crippen molar-refractivity contribution < 1.29 is 9.00 Å². The second-order valence-electron chi connectivity index (χ2n) is 4.55. The van der Waals surface area contributed by atoms with Crippen LogP contribution in [0.25, 0.3) is 0 Å². The molecule has 110 valence electrons. The standard InChI is InChI=1S/C11H13N7O2S/c1-3-7-6(2)4-18-5-8(21(20)11(18)12-7)9(19)13-10-14-16-17-15-10/h5H,3-4H2,1-2H3,(H2,13,14,15,16,17,19). The fraction of sp³-hybridized carbons (Fsp3) is 0.364. The van der Waals surface area contributed by atoms with Gasteiger partial charge in [0.05, 0.1) is 0 Å². The molecular weight excluding hydrogens is 294 g/mol. The Hall–Kier alpha value is -2.36. The van der Waals surface area contributed by atoms with Crippen LogP contribution in [0.15, 0.2) is 27.4 Å². The van der Waals surface area contributed by atoms with Gasteiger partial charge in [-0.2, -0.15) is 5.21 Å². The highest BCUT2D eigenvalue weighted by Gasteiger charge is 2.35. The molecule has 0 saturated carbocycles. The lowest BCUT2D eigenvalue weighted by Crippen LogP contribution is -2.29. The summed E-state index contributed by atoms with van der Waals surface area (Å²) < 4.78 is 12.4. The van der Waals surface area contributed by atoms with Crippen LogP contribution >= 0.6 is 0 Å². The van der Waals surface area contributed by atoms with E-state index in [4.69, 9.17) is 0 Å². The number of H-pyrrole nitrogens is 1. The summed E-state index contributed by atoms with van der Waals surface area (Å²) in [7, 11) is -1.60. The summed E-state index contributed by atoms with van der Waals surface area (Å²) in [5.41, 5.74) is 2.03. The molecule has 2 aliphatic rings. The molecule has 3 heterocycles. The average molecular weight is 307 g/mol. The van der Waals surface area contributed by atoms with Gasteiger partial charge in [0.2, 0.25) is 5.17 Å². The van der Waals surface area contributed by atoms with Crippen LogP contribution in [0, 0.1) is 0 Å². The fourth-order valence-electron chi connectivity index (χ4n) is 2.13. The number of carbonyl (C=O) groups excluding carboxylic acids is 1. The first-order valence-electron chi connectivity index (χ1n) is 6.32. The molecule has 0 fully saturated rings. The minimum atomic E-state index is -1.60. The highest BCUT2D eigenvalue weighted by Crippen LogP contribution is 2.27. The van der Waals surface area contributed by atoms with E-state index in [1.807, 2.05) is 13.8 Å². The molecule has 2 N–H and O–H groups in total. The zero-order chi connectivity index (χ0) is 15.0. The van der Waals surface area contributed by atoms with Gasteiger partial charge in [-0.15, -0.1) is 5.10 Å². The number of hydrogen-bond acceptors (Lipinski definition) is 7. The molecule has 1 amide bonds. The highest BCUT2D eigenvalue weighted by atomic mass is 32.2. The summed E-state index contributed by atoms with van der Waals surface area (Å²) >= 11 is 0. The first-order chi connectivity index (χ1) is 10.1. The predicted octanol–water partition coefficient (Wildman–Crippen LogP) is 0.0975. The molecule has 0 aliphatic carbocycles. The van der Waals surface area contributed by atoms with Gasteiger partial charge in [-0.3, -0.25) is 10.1 Å². The second kappa shape index (κ2) is 5.20. The fourth-order valence-corrected chi connectivity index (χ4v) is 3.29. The number of aromatic nitrogens is 4. The number of amidine groups is 1. The third-order valence-corrected chi connectivity index (χ3v) is 4.49. The number of tetrazole rings is 1. The van der Waals surface area contributed by atoms with Gasteiger partial charge in [0.25, 0.3) is 11.9 Å². The first-order valence-corrected chi connectivity index (χ1v) is 7.47. The molecule has 10 heteroatoms. The predicted molar refractivity (Wildman–Crippen MR) is 76.2 cm³/mol. The van der Waals surface area contributed by atoms with Crippen LogP contribution in [0.3, 0.4) is 0 Å². The van der Waals surface area contributed by atoms with E-state index in [-0.39, 0.29) is 10.9 Å². The van der Waals surface area contributed by atoms with E-state index in [0.29, 0.717) is 11.7 Å². The molecule has 1 aromatic heterocycles. The van der Waals surface area contributed by atoms with Crippen molar-refractivity contribution in [1.82, 2.24) is 25.5 Å². The van der Waals surface area contributed by atoms with E-state index in [2.05, 4.69) is 30.9 Å². The average Bonchev–Trinajstić information content (AvgIpc) is 3.06. The normalized spacial score (nSPS) is 21.0. The molecule has 0 radical (unpaired) electrons. The van der Waals surface area contributed by atoms with Gasteiger partial charge in [-0.05, 0) is 24.1 Å². The Morgan fingerprint density at radius 2 is 2.38 bits per heavy atom. The van der Waals surface area contributed by atoms with Crippen LogP contribution in [0.5, 0.6) is 0 Å².